The van der Waals surface area contributed by atoms with Gasteiger partial charge in [0.05, 0.1) is 0 Å². The second-order valence-electron chi connectivity index (χ2n) is 4.94. The fourth-order valence-electron chi connectivity index (χ4n) is 2.23. The largest absolute Gasteiger partial charge is 0.485 e. The molecule has 1 unspecified atom stereocenters. The number of para-hydroxylation sites is 2. The lowest BCUT2D eigenvalue weighted by Crippen LogP contribution is -2.40. The third-order valence-corrected chi connectivity index (χ3v) is 4.06. The molecule has 1 aromatic carbocycles. The smallest absolute Gasteiger partial charge is 0.271 e. The van der Waals surface area contributed by atoms with E-state index < -0.39 is 6.10 Å². The molecule has 3 aromatic rings. The first-order valence-corrected chi connectivity index (χ1v) is 7.92. The van der Waals surface area contributed by atoms with Crippen molar-refractivity contribution in [3.63, 3.8) is 0 Å². The summed E-state index contributed by atoms with van der Waals surface area (Å²) in [6, 6.07) is 10.8. The fraction of sp³-hybridized carbons (Fsp3) is 0.125. The Bertz CT molecular complexity index is 828. The average Bonchev–Trinajstić information content (AvgIpc) is 3.25. The Kier molecular flexibility index (Phi) is 3.47. The highest BCUT2D eigenvalue weighted by molar-refractivity contribution is 7.08. The monoisotopic (exact) mass is 328 g/mol. The normalized spacial score (nSPS) is 16.1. The van der Waals surface area contributed by atoms with Gasteiger partial charge in [0.1, 0.15) is 12.3 Å². The van der Waals surface area contributed by atoms with E-state index in [0.717, 1.165) is 5.56 Å². The zero-order chi connectivity index (χ0) is 15.6. The Hall–Kier alpha value is -2.80. The van der Waals surface area contributed by atoms with Gasteiger partial charge >= 0.3 is 0 Å². The van der Waals surface area contributed by atoms with E-state index in [1.807, 2.05) is 29.0 Å². The quantitative estimate of drug-likeness (QED) is 0.799. The molecule has 1 aliphatic heterocycles. The van der Waals surface area contributed by atoms with E-state index in [9.17, 15) is 4.79 Å². The minimum Gasteiger partial charge on any atom is -0.485 e. The number of nitrogens with zero attached hydrogens (tertiary/aromatic N) is 1. The molecule has 23 heavy (non-hydrogen) atoms. The minimum atomic E-state index is -0.736. The van der Waals surface area contributed by atoms with Gasteiger partial charge in [0, 0.05) is 17.0 Å². The van der Waals surface area contributed by atoms with Crippen LogP contribution in [0.5, 0.6) is 11.5 Å². The lowest BCUT2D eigenvalue weighted by Gasteiger charge is -2.25. The summed E-state index contributed by atoms with van der Waals surface area (Å²) < 4.78 is 16.3. The Morgan fingerprint density at radius 1 is 1.26 bits per heavy atom. The number of aromatic nitrogens is 1. The van der Waals surface area contributed by atoms with Gasteiger partial charge in [-0.05, 0) is 23.6 Å². The van der Waals surface area contributed by atoms with Crippen LogP contribution in [-0.4, -0.2) is 23.8 Å². The summed E-state index contributed by atoms with van der Waals surface area (Å²) in [4.78, 5) is 12.3. The lowest BCUT2D eigenvalue weighted by atomic mass is 10.2. The van der Waals surface area contributed by atoms with Gasteiger partial charge in [0.2, 0.25) is 12.0 Å². The number of carbonyl (C=O) groups is 1. The first-order valence-electron chi connectivity index (χ1n) is 6.98. The molecule has 2 aromatic heterocycles. The van der Waals surface area contributed by atoms with Crippen molar-refractivity contribution in [3.8, 4) is 22.8 Å². The van der Waals surface area contributed by atoms with Crippen LogP contribution in [0.3, 0.4) is 0 Å². The van der Waals surface area contributed by atoms with Crippen LogP contribution in [0.4, 0.5) is 5.88 Å². The van der Waals surface area contributed by atoms with Gasteiger partial charge in [-0.3, -0.25) is 10.1 Å². The molecule has 1 aliphatic rings. The van der Waals surface area contributed by atoms with E-state index >= 15 is 0 Å². The summed E-state index contributed by atoms with van der Waals surface area (Å²) in [5.74, 6) is 1.12. The highest BCUT2D eigenvalue weighted by Gasteiger charge is 2.28. The van der Waals surface area contributed by atoms with Crippen LogP contribution < -0.4 is 14.8 Å². The predicted molar refractivity (Wildman–Crippen MR) is 84.8 cm³/mol. The topological polar surface area (TPSA) is 73.6 Å². The number of ether oxygens (including phenoxy) is 2. The van der Waals surface area contributed by atoms with Gasteiger partial charge in [-0.25, -0.2) is 0 Å². The van der Waals surface area contributed by atoms with Gasteiger partial charge in [-0.1, -0.05) is 17.3 Å². The zero-order valence-corrected chi connectivity index (χ0v) is 12.7. The molecular formula is C16H12N2O4S. The molecule has 0 saturated heterocycles. The number of thiophene rings is 1. The van der Waals surface area contributed by atoms with Gasteiger partial charge < -0.3 is 14.0 Å². The number of benzene rings is 1. The average molecular weight is 328 g/mol. The summed E-state index contributed by atoms with van der Waals surface area (Å²) in [5, 5.41) is 10.5. The van der Waals surface area contributed by atoms with Crippen LogP contribution in [0, 0.1) is 0 Å². The van der Waals surface area contributed by atoms with Gasteiger partial charge in [-0.2, -0.15) is 11.3 Å². The predicted octanol–water partition coefficient (Wildman–Crippen LogP) is 3.18. The van der Waals surface area contributed by atoms with Crippen molar-refractivity contribution in [3.05, 3.63) is 47.2 Å². The molecule has 1 atom stereocenters. The third kappa shape index (κ3) is 2.78. The van der Waals surface area contributed by atoms with Gasteiger partial charge in [-0.15, -0.1) is 0 Å². The van der Waals surface area contributed by atoms with Crippen LogP contribution >= 0.6 is 11.3 Å². The Balaban J connectivity index is 1.45. The number of fused-ring (bicyclic) bond motifs is 1. The van der Waals surface area contributed by atoms with Crippen molar-refractivity contribution in [2.24, 2.45) is 0 Å². The Morgan fingerprint density at radius 3 is 2.96 bits per heavy atom. The summed E-state index contributed by atoms with van der Waals surface area (Å²) in [6.07, 6.45) is -0.736. The Labute approximate surface area is 135 Å². The van der Waals surface area contributed by atoms with E-state index in [2.05, 4.69) is 10.5 Å². The molecule has 0 bridgehead atoms. The van der Waals surface area contributed by atoms with Crippen LogP contribution in [0.1, 0.15) is 0 Å². The molecule has 0 fully saturated rings. The molecule has 0 radical (unpaired) electrons. The summed E-state index contributed by atoms with van der Waals surface area (Å²) in [7, 11) is 0. The molecule has 6 nitrogen and oxygen atoms in total. The van der Waals surface area contributed by atoms with E-state index in [1.165, 1.54) is 0 Å². The standard InChI is InChI=1S/C16H12N2O4S/c19-16(14-8-20-12-3-1-2-4-13(12)21-14)17-15-7-11(18-22-15)10-5-6-23-9-10/h1-7,9,14H,8H2,(H,17,19). The highest BCUT2D eigenvalue weighted by Crippen LogP contribution is 2.31. The highest BCUT2D eigenvalue weighted by atomic mass is 32.1. The SMILES string of the molecule is O=C(Nc1cc(-c2ccsc2)no1)C1COc2ccccc2O1. The van der Waals surface area contributed by atoms with Crippen molar-refractivity contribution in [1.82, 2.24) is 5.16 Å². The number of carbonyl (C=O) groups excluding carboxylic acids is 1. The summed E-state index contributed by atoms with van der Waals surface area (Å²) >= 11 is 1.57. The number of amides is 1. The maximum absolute atomic E-state index is 12.3. The van der Waals surface area contributed by atoms with Crippen molar-refractivity contribution in [2.45, 2.75) is 6.10 Å². The number of hydrogen-bond acceptors (Lipinski definition) is 6. The maximum atomic E-state index is 12.3. The van der Waals surface area contributed by atoms with Crippen molar-refractivity contribution < 1.29 is 18.8 Å². The van der Waals surface area contributed by atoms with E-state index in [4.69, 9.17) is 14.0 Å². The van der Waals surface area contributed by atoms with Crippen molar-refractivity contribution in [1.29, 1.82) is 0 Å². The van der Waals surface area contributed by atoms with Crippen LogP contribution in [0.25, 0.3) is 11.3 Å². The number of hydrogen-bond donors (Lipinski definition) is 1. The summed E-state index contributed by atoms with van der Waals surface area (Å²) in [5.41, 5.74) is 1.62. The molecular weight excluding hydrogens is 316 g/mol. The van der Waals surface area contributed by atoms with E-state index in [-0.39, 0.29) is 18.4 Å². The van der Waals surface area contributed by atoms with Crippen molar-refractivity contribution >= 4 is 23.1 Å². The van der Waals surface area contributed by atoms with Crippen LogP contribution in [-0.2, 0) is 4.79 Å². The summed E-state index contributed by atoms with van der Waals surface area (Å²) in [6.45, 7) is 0.147. The molecule has 116 valence electrons. The first-order chi connectivity index (χ1) is 11.3. The molecule has 0 saturated carbocycles. The zero-order valence-electron chi connectivity index (χ0n) is 11.9. The number of nitrogens with one attached hydrogen (secondary N) is 1. The second kappa shape index (κ2) is 5.77. The van der Waals surface area contributed by atoms with E-state index in [1.54, 1.807) is 29.5 Å². The molecule has 1 amide bonds. The first kappa shape index (κ1) is 13.8. The molecule has 0 spiro atoms. The Morgan fingerprint density at radius 2 is 2.13 bits per heavy atom. The third-order valence-electron chi connectivity index (χ3n) is 3.37. The van der Waals surface area contributed by atoms with Gasteiger partial charge in [0.15, 0.2) is 11.5 Å². The van der Waals surface area contributed by atoms with E-state index in [0.29, 0.717) is 17.2 Å². The van der Waals surface area contributed by atoms with Crippen LogP contribution in [0.15, 0.2) is 51.7 Å². The second-order valence-corrected chi connectivity index (χ2v) is 5.72. The molecule has 0 aliphatic carbocycles. The lowest BCUT2D eigenvalue weighted by molar-refractivity contribution is -0.125. The number of anilines is 1. The number of rotatable bonds is 3. The molecule has 1 N–H and O–H groups in total. The molecule has 3 heterocycles. The fourth-order valence-corrected chi connectivity index (χ4v) is 2.88. The van der Waals surface area contributed by atoms with Crippen molar-refractivity contribution in [2.75, 3.05) is 11.9 Å². The van der Waals surface area contributed by atoms with Gasteiger partial charge in [0.25, 0.3) is 5.91 Å². The minimum absolute atomic E-state index is 0.147. The molecule has 7 heteroatoms. The maximum Gasteiger partial charge on any atom is 0.271 e. The molecule has 4 rings (SSSR count). The van der Waals surface area contributed by atoms with Crippen LogP contribution in [0.2, 0.25) is 0 Å².